The Morgan fingerprint density at radius 2 is 1.61 bits per heavy atom. The van der Waals surface area contributed by atoms with Crippen LogP contribution in [0.1, 0.15) is 88.6 Å². The number of carbonyl (C=O) groups is 4. The first kappa shape index (κ1) is 43.0. The number of ketones is 2. The number of Topliss-reactive ketones (excluding diaryl/α,β-unsaturated/α-hetero) is 2. The van der Waals surface area contributed by atoms with Crippen molar-refractivity contribution in [2.75, 3.05) is 39.4 Å². The van der Waals surface area contributed by atoms with Crippen molar-refractivity contribution in [2.24, 2.45) is 23.7 Å². The first-order valence-electron chi connectivity index (χ1n) is 20.0. The number of hydrogen-bond acceptors (Lipinski definition) is 6. The summed E-state index contributed by atoms with van der Waals surface area (Å²) in [5.74, 6) is -4.05. The third-order valence-electron chi connectivity index (χ3n) is 12.1. The summed E-state index contributed by atoms with van der Waals surface area (Å²) in [4.78, 5) is 61.7. The zero-order chi connectivity index (χ0) is 40.6. The van der Waals surface area contributed by atoms with Gasteiger partial charge in [0.05, 0.1) is 24.3 Å². The fourth-order valence-corrected chi connectivity index (χ4v) is 8.16. The highest BCUT2D eigenvalue weighted by atomic mass is 19.4. The van der Waals surface area contributed by atoms with Crippen LogP contribution in [0.5, 0.6) is 0 Å². The molecule has 5 atom stereocenters. The zero-order valence-electron chi connectivity index (χ0n) is 33.0. The number of carbonyl (C=O) groups excluding carboxylic acids is 4. The van der Waals surface area contributed by atoms with E-state index in [0.29, 0.717) is 49.2 Å². The van der Waals surface area contributed by atoms with E-state index in [4.69, 9.17) is 4.74 Å². The number of rotatable bonds is 18. The number of nitrogens with zero attached hydrogens (tertiary/aromatic N) is 1. The summed E-state index contributed by atoms with van der Waals surface area (Å²) in [5.41, 5.74) is -1.17. The number of aromatic amines is 1. The molecule has 2 heterocycles. The van der Waals surface area contributed by atoms with Crippen LogP contribution in [0.3, 0.4) is 0 Å². The molecule has 2 aliphatic rings. The van der Waals surface area contributed by atoms with Crippen molar-refractivity contribution in [1.29, 1.82) is 0 Å². The third kappa shape index (κ3) is 10.2. The van der Waals surface area contributed by atoms with Gasteiger partial charge >= 0.3 is 6.18 Å². The van der Waals surface area contributed by atoms with E-state index < -0.39 is 40.8 Å². The zero-order valence-corrected chi connectivity index (χ0v) is 33.0. The fourth-order valence-electron chi connectivity index (χ4n) is 8.16. The lowest BCUT2D eigenvalue weighted by Gasteiger charge is -2.39. The first-order valence-corrected chi connectivity index (χ1v) is 20.0. The van der Waals surface area contributed by atoms with E-state index in [1.54, 1.807) is 12.1 Å². The van der Waals surface area contributed by atoms with E-state index in [0.717, 1.165) is 32.1 Å². The molecule has 2 aromatic carbocycles. The van der Waals surface area contributed by atoms with Crippen molar-refractivity contribution in [3.05, 3.63) is 70.7 Å². The highest BCUT2D eigenvalue weighted by Gasteiger charge is 2.47. The maximum atomic E-state index is 14.9. The van der Waals surface area contributed by atoms with Crippen LogP contribution in [0.2, 0.25) is 0 Å². The van der Waals surface area contributed by atoms with Gasteiger partial charge in [-0.05, 0) is 60.9 Å². The van der Waals surface area contributed by atoms with E-state index in [2.05, 4.69) is 20.5 Å². The average molecular weight is 785 g/mol. The first-order chi connectivity index (χ1) is 26.7. The number of hydrogen-bond donors (Lipinski definition) is 3. The molecule has 1 aromatic heterocycles. The second-order valence-electron chi connectivity index (χ2n) is 15.8. The van der Waals surface area contributed by atoms with E-state index in [-0.39, 0.29) is 78.9 Å². The van der Waals surface area contributed by atoms with Crippen molar-refractivity contribution in [3.8, 4) is 0 Å². The van der Waals surface area contributed by atoms with E-state index >= 15 is 0 Å². The van der Waals surface area contributed by atoms with Crippen molar-refractivity contribution in [1.82, 2.24) is 20.5 Å². The van der Waals surface area contributed by atoms with E-state index in [9.17, 15) is 36.7 Å². The molecular weight excluding hydrogens is 728 g/mol. The predicted molar refractivity (Wildman–Crippen MR) is 206 cm³/mol. The molecule has 2 amide bonds. The molecule has 1 fully saturated rings. The SMILES string of the molecule is CCC(C)[C@H](CC(=O)[C@@]1(NC(=O)[C@@H](CC(=O)Cc2ccccc2F)C(C)CC)CCc2[nH]c3c(C(F)(F)F)cccc3c2C1)C(=O)NCCCN1CCOCC1. The second kappa shape index (κ2) is 18.9. The summed E-state index contributed by atoms with van der Waals surface area (Å²) < 4.78 is 62.2. The summed E-state index contributed by atoms with van der Waals surface area (Å²) >= 11 is 0. The Bertz CT molecular complexity index is 1850. The summed E-state index contributed by atoms with van der Waals surface area (Å²) in [6.07, 6.45) is -3.13. The summed E-state index contributed by atoms with van der Waals surface area (Å²) in [6, 6.07) is 9.89. The molecular formula is C43H56F4N4O5. The van der Waals surface area contributed by atoms with Gasteiger partial charge in [-0.15, -0.1) is 0 Å². The number of nitrogens with one attached hydrogen (secondary N) is 3. The van der Waals surface area contributed by atoms with Crippen LogP contribution in [-0.2, 0) is 49.4 Å². The highest BCUT2D eigenvalue weighted by Crippen LogP contribution is 2.41. The monoisotopic (exact) mass is 784 g/mol. The standard InChI is InChI=1S/C43H56F4N4O5/c1-5-27(3)32(24-30(52)23-29-11-7-8-14-36(29)44)41(55)50-42(16-15-37-34(26-42)31-12-9-13-35(39(31)49-37)43(45,46)47)38(53)25-33(28(4)6-2)40(54)48-17-10-18-51-19-21-56-22-20-51/h7-9,11-14,27-28,32-33,49H,5-6,10,15-26H2,1-4H3,(H,48,54)(H,50,55)/t27?,28?,32-,33-,42+/m0/s1. The van der Waals surface area contributed by atoms with Crippen LogP contribution >= 0.6 is 0 Å². The predicted octanol–water partition coefficient (Wildman–Crippen LogP) is 6.99. The van der Waals surface area contributed by atoms with Crippen molar-refractivity contribution >= 4 is 34.3 Å². The van der Waals surface area contributed by atoms with Crippen LogP contribution in [0, 0.1) is 29.5 Å². The number of fused-ring (bicyclic) bond motifs is 3. The molecule has 0 bridgehead atoms. The van der Waals surface area contributed by atoms with Gasteiger partial charge in [-0.3, -0.25) is 24.1 Å². The number of H-pyrrole nitrogens is 1. The molecule has 0 saturated carbocycles. The molecule has 306 valence electrons. The van der Waals surface area contributed by atoms with Crippen LogP contribution in [0.15, 0.2) is 42.5 Å². The van der Waals surface area contributed by atoms with Crippen LogP contribution in [0.4, 0.5) is 17.6 Å². The van der Waals surface area contributed by atoms with Crippen LogP contribution in [-0.4, -0.2) is 78.2 Å². The minimum Gasteiger partial charge on any atom is -0.379 e. The molecule has 2 unspecified atom stereocenters. The number of ether oxygens (including phenoxy) is 1. The Hall–Kier alpha value is -4.10. The summed E-state index contributed by atoms with van der Waals surface area (Å²) in [5, 5.41) is 6.40. The quantitative estimate of drug-likeness (QED) is 0.0945. The number of benzene rings is 2. The van der Waals surface area contributed by atoms with Crippen molar-refractivity contribution in [2.45, 2.75) is 97.2 Å². The van der Waals surface area contributed by atoms with Gasteiger partial charge in [0.15, 0.2) is 5.78 Å². The maximum Gasteiger partial charge on any atom is 0.418 e. The number of amides is 2. The Labute approximate surface area is 326 Å². The normalized spacial score (nSPS) is 19.8. The molecule has 0 radical (unpaired) electrons. The van der Waals surface area contributed by atoms with Crippen LogP contribution < -0.4 is 10.6 Å². The van der Waals surface area contributed by atoms with Gasteiger partial charge in [0.25, 0.3) is 0 Å². The lowest BCUT2D eigenvalue weighted by Crippen LogP contribution is -2.60. The van der Waals surface area contributed by atoms with E-state index in [1.807, 2.05) is 27.7 Å². The molecule has 3 aromatic rings. The molecule has 13 heteroatoms. The second-order valence-corrected chi connectivity index (χ2v) is 15.8. The molecule has 9 nitrogen and oxygen atoms in total. The van der Waals surface area contributed by atoms with Crippen LogP contribution in [0.25, 0.3) is 10.9 Å². The summed E-state index contributed by atoms with van der Waals surface area (Å²) in [7, 11) is 0. The third-order valence-corrected chi connectivity index (χ3v) is 12.1. The lowest BCUT2D eigenvalue weighted by atomic mass is 9.72. The molecule has 0 spiro atoms. The number of para-hydroxylation sites is 1. The van der Waals surface area contributed by atoms with Crippen molar-refractivity contribution < 1.29 is 41.5 Å². The fraction of sp³-hybridized carbons (Fsp3) is 0.581. The molecule has 1 saturated heterocycles. The van der Waals surface area contributed by atoms with E-state index in [1.165, 1.54) is 24.3 Å². The number of aromatic nitrogens is 1. The van der Waals surface area contributed by atoms with Gasteiger partial charge in [0.1, 0.15) is 17.1 Å². The number of halogens is 4. The number of morpholine rings is 1. The maximum absolute atomic E-state index is 14.9. The Balaban J connectivity index is 1.43. The molecule has 5 rings (SSSR count). The number of aryl methyl sites for hydroxylation is 1. The minimum absolute atomic E-state index is 0.0789. The Kier molecular flexibility index (Phi) is 14.5. The van der Waals surface area contributed by atoms with Crippen molar-refractivity contribution in [3.63, 3.8) is 0 Å². The smallest absolute Gasteiger partial charge is 0.379 e. The molecule has 3 N–H and O–H groups in total. The molecule has 1 aliphatic heterocycles. The van der Waals surface area contributed by atoms with Gasteiger partial charge < -0.3 is 20.4 Å². The van der Waals surface area contributed by atoms with Gasteiger partial charge in [-0.2, -0.15) is 13.2 Å². The van der Waals surface area contributed by atoms with Gasteiger partial charge in [-0.25, -0.2) is 4.39 Å². The highest BCUT2D eigenvalue weighted by molar-refractivity contribution is 5.99. The van der Waals surface area contributed by atoms with Gasteiger partial charge in [0, 0.05) is 68.2 Å². The number of alkyl halides is 3. The minimum atomic E-state index is -4.62. The van der Waals surface area contributed by atoms with Gasteiger partial charge in [0.2, 0.25) is 11.8 Å². The Morgan fingerprint density at radius 1 is 0.929 bits per heavy atom. The topological polar surface area (TPSA) is 121 Å². The molecule has 1 aliphatic carbocycles. The summed E-state index contributed by atoms with van der Waals surface area (Å²) in [6.45, 7) is 11.8. The Morgan fingerprint density at radius 3 is 2.27 bits per heavy atom. The van der Waals surface area contributed by atoms with Gasteiger partial charge in [-0.1, -0.05) is 70.9 Å². The lowest BCUT2D eigenvalue weighted by molar-refractivity contribution is -0.139. The largest absolute Gasteiger partial charge is 0.418 e. The molecule has 56 heavy (non-hydrogen) atoms. The average Bonchev–Trinajstić information content (AvgIpc) is 3.55.